The van der Waals surface area contributed by atoms with Gasteiger partial charge < -0.3 is 14.9 Å². The number of furan rings is 1. The van der Waals surface area contributed by atoms with Crippen LogP contribution in [0.1, 0.15) is 5.56 Å². The van der Waals surface area contributed by atoms with E-state index in [2.05, 4.69) is 16.8 Å². The summed E-state index contributed by atoms with van der Waals surface area (Å²) in [5.74, 6) is -1.48. The van der Waals surface area contributed by atoms with Gasteiger partial charge in [-0.3, -0.25) is 14.2 Å². The van der Waals surface area contributed by atoms with Crippen LogP contribution < -0.4 is 5.73 Å². The van der Waals surface area contributed by atoms with Gasteiger partial charge in [-0.2, -0.15) is 5.26 Å². The molecule has 0 spiro atoms. The van der Waals surface area contributed by atoms with E-state index in [0.717, 1.165) is 17.3 Å². The fraction of sp³-hybridized carbons (Fsp3) is 0.190. The molecule has 3 aromatic rings. The fourth-order valence-corrected chi connectivity index (χ4v) is 3.39. The number of benzene rings is 1. The number of aromatic nitrogens is 3. The number of ether oxygens (including phenoxy) is 1. The second kappa shape index (κ2) is 10.3. The third-order valence-electron chi connectivity index (χ3n) is 4.16. The van der Waals surface area contributed by atoms with Crippen LogP contribution in [0.3, 0.4) is 0 Å². The zero-order valence-electron chi connectivity index (χ0n) is 16.4. The predicted octanol–water partition coefficient (Wildman–Crippen LogP) is 2.40. The van der Waals surface area contributed by atoms with Crippen LogP contribution in [0.4, 0.5) is 0 Å². The Balaban J connectivity index is 1.67. The number of nitrogens with two attached hydrogens (primary N) is 1. The molecule has 2 aromatic heterocycles. The maximum atomic E-state index is 12.1. The Kier molecular flexibility index (Phi) is 7.24. The number of nitrogens with zero attached hydrogens (tertiary/aromatic N) is 4. The lowest BCUT2D eigenvalue weighted by molar-refractivity contribution is -0.145. The van der Waals surface area contributed by atoms with E-state index in [1.54, 1.807) is 24.5 Å². The molecule has 0 aliphatic heterocycles. The molecule has 0 aliphatic rings. The summed E-state index contributed by atoms with van der Waals surface area (Å²) in [4.78, 5) is 24.0. The van der Waals surface area contributed by atoms with E-state index in [4.69, 9.17) is 20.1 Å². The molecule has 0 aliphatic carbocycles. The van der Waals surface area contributed by atoms with E-state index < -0.39 is 24.3 Å². The number of allylic oxidation sites excluding steroid dienone is 1. The molecule has 0 unspecified atom stereocenters. The second-order valence-corrected chi connectivity index (χ2v) is 7.35. The molecule has 1 atom stereocenters. The highest BCUT2D eigenvalue weighted by molar-refractivity contribution is 7.99. The van der Waals surface area contributed by atoms with Gasteiger partial charge in [0, 0.05) is 5.70 Å². The van der Waals surface area contributed by atoms with Crippen molar-refractivity contribution in [2.45, 2.75) is 11.7 Å². The summed E-state index contributed by atoms with van der Waals surface area (Å²) >= 11 is 1.12. The highest BCUT2D eigenvalue weighted by Crippen LogP contribution is 2.25. The van der Waals surface area contributed by atoms with E-state index >= 15 is 0 Å². The number of thioether (sulfide) groups is 1. The average Bonchev–Trinajstić information content (AvgIpc) is 3.42. The summed E-state index contributed by atoms with van der Waals surface area (Å²) in [6.07, 6.45) is 1.54. The minimum atomic E-state index is -1.20. The largest absolute Gasteiger partial charge is 0.461 e. The molecule has 1 aromatic carbocycles. The Hall–Kier alpha value is -3.84. The smallest absolute Gasteiger partial charge is 0.316 e. The van der Waals surface area contributed by atoms with Gasteiger partial charge in [-0.1, -0.05) is 48.7 Å². The van der Waals surface area contributed by atoms with Crippen molar-refractivity contribution in [3.05, 3.63) is 66.6 Å². The maximum absolute atomic E-state index is 12.1. The fourth-order valence-electron chi connectivity index (χ4n) is 2.65. The minimum Gasteiger partial charge on any atom is -0.461 e. The Labute approximate surface area is 182 Å². The van der Waals surface area contributed by atoms with Crippen LogP contribution in [0.5, 0.6) is 0 Å². The maximum Gasteiger partial charge on any atom is 0.316 e. The molecule has 0 saturated heterocycles. The van der Waals surface area contributed by atoms with Crippen LogP contribution >= 0.6 is 11.8 Å². The molecule has 2 heterocycles. The number of hydrogen-bond acceptors (Lipinski definition) is 9. The van der Waals surface area contributed by atoms with Crippen LogP contribution in [0.25, 0.3) is 11.6 Å². The number of carbonyl (C=O) groups excluding carboxylic acids is 2. The highest BCUT2D eigenvalue weighted by Gasteiger charge is 2.22. The normalized spacial score (nSPS) is 11.5. The quantitative estimate of drug-likeness (QED) is 0.374. The first-order valence-corrected chi connectivity index (χ1v) is 10.1. The van der Waals surface area contributed by atoms with Crippen molar-refractivity contribution in [1.29, 1.82) is 5.26 Å². The first-order chi connectivity index (χ1) is 15.0. The monoisotopic (exact) mass is 437 g/mol. The molecule has 0 bridgehead atoms. The summed E-state index contributed by atoms with van der Waals surface area (Å²) in [6, 6.07) is 15.0. The number of hydrogen-bond donors (Lipinski definition) is 1. The highest BCUT2D eigenvalue weighted by atomic mass is 32.2. The summed E-state index contributed by atoms with van der Waals surface area (Å²) in [6.45, 7) is 3.30. The van der Waals surface area contributed by atoms with E-state index in [1.165, 1.54) is 0 Å². The third-order valence-corrected chi connectivity index (χ3v) is 5.10. The first-order valence-electron chi connectivity index (χ1n) is 9.15. The van der Waals surface area contributed by atoms with Crippen LogP contribution in [0, 0.1) is 17.2 Å². The van der Waals surface area contributed by atoms with Crippen molar-refractivity contribution in [2.75, 3.05) is 12.4 Å². The van der Waals surface area contributed by atoms with E-state index in [0.29, 0.717) is 23.3 Å². The summed E-state index contributed by atoms with van der Waals surface area (Å²) in [5, 5.41) is 17.8. The van der Waals surface area contributed by atoms with Crippen molar-refractivity contribution in [3.8, 4) is 17.7 Å². The van der Waals surface area contributed by atoms with E-state index in [9.17, 15) is 9.59 Å². The first kappa shape index (κ1) is 21.9. The lowest BCUT2D eigenvalue weighted by Crippen LogP contribution is -2.25. The summed E-state index contributed by atoms with van der Waals surface area (Å²) in [5.41, 5.74) is 6.34. The van der Waals surface area contributed by atoms with Gasteiger partial charge in [-0.05, 0) is 17.7 Å². The van der Waals surface area contributed by atoms with Gasteiger partial charge in [0.05, 0.1) is 24.6 Å². The Morgan fingerprint density at radius 3 is 2.68 bits per heavy atom. The molecule has 10 heteroatoms. The Bertz CT molecular complexity index is 1100. The van der Waals surface area contributed by atoms with E-state index in [1.807, 2.05) is 34.9 Å². The van der Waals surface area contributed by atoms with Gasteiger partial charge >= 0.3 is 5.97 Å². The summed E-state index contributed by atoms with van der Waals surface area (Å²) < 4.78 is 12.2. The van der Waals surface area contributed by atoms with Crippen molar-refractivity contribution in [3.63, 3.8) is 0 Å². The number of carbonyl (C=O) groups is 2. The van der Waals surface area contributed by atoms with Gasteiger partial charge in [-0.25, -0.2) is 0 Å². The molecule has 0 fully saturated rings. The van der Waals surface area contributed by atoms with E-state index in [-0.39, 0.29) is 11.4 Å². The molecule has 0 saturated carbocycles. The van der Waals surface area contributed by atoms with Crippen LogP contribution in [-0.2, 0) is 20.9 Å². The number of nitriles is 1. The average molecular weight is 437 g/mol. The third kappa shape index (κ3) is 5.61. The molecular formula is C21H19N5O4S. The lowest BCUT2D eigenvalue weighted by atomic mass is 10.0. The Morgan fingerprint density at radius 2 is 2.03 bits per heavy atom. The zero-order chi connectivity index (χ0) is 22.2. The zero-order valence-corrected chi connectivity index (χ0v) is 17.2. The number of esters is 1. The van der Waals surface area contributed by atoms with Crippen molar-refractivity contribution in [2.24, 2.45) is 11.7 Å². The molecular weight excluding hydrogens is 418 g/mol. The van der Waals surface area contributed by atoms with Crippen molar-refractivity contribution in [1.82, 2.24) is 14.8 Å². The minimum absolute atomic E-state index is 0.0857. The van der Waals surface area contributed by atoms with Gasteiger partial charge in [0.2, 0.25) is 5.82 Å². The molecule has 31 heavy (non-hydrogen) atoms. The van der Waals surface area contributed by atoms with Crippen molar-refractivity contribution < 1.29 is 18.7 Å². The van der Waals surface area contributed by atoms with Gasteiger partial charge in [0.1, 0.15) is 5.92 Å². The topological polar surface area (TPSA) is 137 Å². The molecule has 158 valence electrons. The Morgan fingerprint density at radius 1 is 1.26 bits per heavy atom. The summed E-state index contributed by atoms with van der Waals surface area (Å²) in [7, 11) is 0. The van der Waals surface area contributed by atoms with Gasteiger partial charge in [-0.15, -0.1) is 10.2 Å². The number of rotatable bonds is 10. The van der Waals surface area contributed by atoms with Gasteiger partial charge in [0.15, 0.2) is 23.3 Å². The van der Waals surface area contributed by atoms with Crippen LogP contribution in [0.2, 0.25) is 0 Å². The molecule has 0 amide bonds. The lowest BCUT2D eigenvalue weighted by Gasteiger charge is -2.10. The second-order valence-electron chi connectivity index (χ2n) is 6.41. The van der Waals surface area contributed by atoms with Crippen LogP contribution in [0.15, 0.2) is 70.6 Å². The van der Waals surface area contributed by atoms with Crippen molar-refractivity contribution >= 4 is 23.5 Å². The molecule has 3 rings (SSSR count). The standard InChI is InChI=1S/C21H19N5O4S/c1-14(23)16(10-22)17(27)12-30-19(28)13-31-21-25-24-20(18-8-5-9-29-18)26(21)11-15-6-3-2-4-7-15/h2-9,16H,1,11-13,23H2/t16-/m0/s1. The number of Topliss-reactive ketones (excluding diaryl/α,β-unsaturated/α-hetero) is 1. The molecule has 9 nitrogen and oxygen atoms in total. The molecule has 0 radical (unpaired) electrons. The number of ketones is 1. The van der Waals surface area contributed by atoms with Crippen LogP contribution in [-0.4, -0.2) is 38.9 Å². The molecule has 2 N–H and O–H groups in total. The SMILES string of the molecule is C=C(N)[C@H](C#N)C(=O)COC(=O)CSc1nnc(-c2ccco2)n1Cc1ccccc1. The van der Waals surface area contributed by atoms with Gasteiger partial charge in [0.25, 0.3) is 0 Å². The predicted molar refractivity (Wildman–Crippen MR) is 112 cm³/mol.